The molecule has 0 aromatic heterocycles. The molecule has 0 radical (unpaired) electrons. The summed E-state index contributed by atoms with van der Waals surface area (Å²) >= 11 is 4.02. The fraction of sp³-hybridized carbons (Fsp3) is 0.350. The Bertz CT molecular complexity index is 870. The van der Waals surface area contributed by atoms with Gasteiger partial charge in [-0.2, -0.15) is 12.6 Å². The van der Waals surface area contributed by atoms with Crippen LogP contribution in [0.2, 0.25) is 0 Å². The molecule has 0 saturated carbocycles. The van der Waals surface area contributed by atoms with E-state index >= 15 is 0 Å². The van der Waals surface area contributed by atoms with Gasteiger partial charge in [0.15, 0.2) is 0 Å². The van der Waals surface area contributed by atoms with Gasteiger partial charge in [-0.25, -0.2) is 4.79 Å². The standard InChI is InChI=1S/C20H22N2O4S/c1-12(11-27)19(24)26-20(25)17-9-16(10-21-17)22-18(23)15-7-6-13-4-2-3-5-14(13)8-15/h2-8,12,16-17,21,27H,9-11H2,1H3,(H,22,23)/t12?,16?,17-/m0/s1. The minimum Gasteiger partial charge on any atom is -0.392 e. The van der Waals surface area contributed by atoms with Crippen molar-refractivity contribution >= 4 is 41.2 Å². The molecule has 0 aliphatic carbocycles. The van der Waals surface area contributed by atoms with Crippen molar-refractivity contribution in [2.75, 3.05) is 12.3 Å². The second-order valence-electron chi connectivity index (χ2n) is 6.75. The largest absolute Gasteiger partial charge is 0.392 e. The highest BCUT2D eigenvalue weighted by molar-refractivity contribution is 7.80. The van der Waals surface area contributed by atoms with E-state index in [1.807, 2.05) is 36.4 Å². The number of amides is 1. The maximum Gasteiger partial charge on any atom is 0.330 e. The van der Waals surface area contributed by atoms with E-state index in [9.17, 15) is 14.4 Å². The number of hydrogen-bond donors (Lipinski definition) is 3. The fourth-order valence-electron chi connectivity index (χ4n) is 2.97. The van der Waals surface area contributed by atoms with Gasteiger partial charge in [0.25, 0.3) is 5.91 Å². The third kappa shape index (κ3) is 4.67. The van der Waals surface area contributed by atoms with Gasteiger partial charge in [-0.05, 0) is 29.3 Å². The van der Waals surface area contributed by atoms with Gasteiger partial charge in [0, 0.05) is 23.9 Å². The van der Waals surface area contributed by atoms with E-state index < -0.39 is 23.9 Å². The summed E-state index contributed by atoms with van der Waals surface area (Å²) in [7, 11) is 0. The Morgan fingerprint density at radius 1 is 1.22 bits per heavy atom. The van der Waals surface area contributed by atoms with Crippen LogP contribution in [0.4, 0.5) is 0 Å². The third-order valence-corrected chi connectivity index (χ3v) is 5.19. The summed E-state index contributed by atoms with van der Waals surface area (Å²) in [5.41, 5.74) is 0.567. The fourth-order valence-corrected chi connectivity index (χ4v) is 3.12. The van der Waals surface area contributed by atoms with Crippen molar-refractivity contribution < 1.29 is 19.1 Å². The summed E-state index contributed by atoms with van der Waals surface area (Å²) in [6.45, 7) is 2.09. The second-order valence-corrected chi connectivity index (χ2v) is 7.12. The minimum atomic E-state index is -0.615. The Balaban J connectivity index is 1.56. The Morgan fingerprint density at radius 3 is 2.70 bits per heavy atom. The number of carbonyl (C=O) groups excluding carboxylic acids is 3. The van der Waals surface area contributed by atoms with Crippen LogP contribution >= 0.6 is 12.6 Å². The number of nitrogens with one attached hydrogen (secondary N) is 2. The molecular weight excluding hydrogens is 364 g/mol. The van der Waals surface area contributed by atoms with Gasteiger partial charge in [0.1, 0.15) is 6.04 Å². The van der Waals surface area contributed by atoms with E-state index in [0.29, 0.717) is 24.3 Å². The van der Waals surface area contributed by atoms with Gasteiger partial charge in [-0.1, -0.05) is 37.3 Å². The molecule has 1 aliphatic heterocycles. The maximum atomic E-state index is 12.5. The van der Waals surface area contributed by atoms with Gasteiger partial charge in [0.2, 0.25) is 0 Å². The third-order valence-electron chi connectivity index (χ3n) is 4.64. The molecule has 6 nitrogen and oxygen atoms in total. The van der Waals surface area contributed by atoms with E-state index in [1.54, 1.807) is 13.0 Å². The molecule has 1 aliphatic rings. The van der Waals surface area contributed by atoms with E-state index in [-0.39, 0.29) is 11.9 Å². The first-order valence-corrected chi connectivity index (χ1v) is 9.50. The Kier molecular flexibility index (Phi) is 6.13. The topological polar surface area (TPSA) is 84.5 Å². The molecule has 142 valence electrons. The zero-order valence-corrected chi connectivity index (χ0v) is 15.9. The molecule has 1 fully saturated rings. The molecule has 0 bridgehead atoms. The molecule has 0 spiro atoms. The van der Waals surface area contributed by atoms with Crippen LogP contribution in [0, 0.1) is 5.92 Å². The van der Waals surface area contributed by atoms with E-state index in [2.05, 4.69) is 23.3 Å². The molecule has 27 heavy (non-hydrogen) atoms. The van der Waals surface area contributed by atoms with Gasteiger partial charge in [-0.15, -0.1) is 0 Å². The molecule has 3 rings (SSSR count). The summed E-state index contributed by atoms with van der Waals surface area (Å²) in [4.78, 5) is 36.3. The van der Waals surface area contributed by atoms with Gasteiger partial charge in [-0.3, -0.25) is 9.59 Å². The van der Waals surface area contributed by atoms with Gasteiger partial charge >= 0.3 is 11.9 Å². The number of hydrogen-bond acceptors (Lipinski definition) is 6. The van der Waals surface area contributed by atoms with Crippen LogP contribution < -0.4 is 10.6 Å². The first-order chi connectivity index (χ1) is 13.0. The normalized spacial score (nSPS) is 20.2. The van der Waals surface area contributed by atoms with Crippen LogP contribution in [0.3, 0.4) is 0 Å². The lowest BCUT2D eigenvalue weighted by Crippen LogP contribution is -2.36. The number of carbonyl (C=O) groups is 3. The number of ether oxygens (including phenoxy) is 1. The van der Waals surface area contributed by atoms with Crippen LogP contribution in [0.15, 0.2) is 42.5 Å². The van der Waals surface area contributed by atoms with E-state index in [1.165, 1.54) is 0 Å². The van der Waals surface area contributed by atoms with Gasteiger partial charge < -0.3 is 15.4 Å². The zero-order valence-electron chi connectivity index (χ0n) is 15.0. The van der Waals surface area contributed by atoms with Crippen molar-refractivity contribution in [2.45, 2.75) is 25.4 Å². The van der Waals surface area contributed by atoms with Crippen LogP contribution in [0.25, 0.3) is 10.8 Å². The molecule has 3 atom stereocenters. The first kappa shape index (κ1) is 19.4. The Morgan fingerprint density at radius 2 is 1.96 bits per heavy atom. The average Bonchev–Trinajstić information content (AvgIpc) is 3.15. The summed E-state index contributed by atoms with van der Waals surface area (Å²) in [5, 5.41) is 7.98. The second kappa shape index (κ2) is 8.54. The molecule has 1 heterocycles. The smallest absolute Gasteiger partial charge is 0.330 e. The predicted octanol–water partition coefficient (Wildman–Crippen LogP) is 1.94. The SMILES string of the molecule is CC(CS)C(=O)OC(=O)[C@@H]1CC(NC(=O)c2ccc3ccccc3c2)CN1. The van der Waals surface area contributed by atoms with Crippen LogP contribution in [-0.2, 0) is 14.3 Å². The zero-order chi connectivity index (χ0) is 19.4. The lowest BCUT2D eigenvalue weighted by molar-refractivity contribution is -0.163. The number of esters is 2. The molecule has 1 saturated heterocycles. The van der Waals surface area contributed by atoms with Crippen molar-refractivity contribution in [1.29, 1.82) is 0 Å². The highest BCUT2D eigenvalue weighted by Crippen LogP contribution is 2.16. The summed E-state index contributed by atoms with van der Waals surface area (Å²) in [5.74, 6) is -1.52. The van der Waals surface area contributed by atoms with Gasteiger partial charge in [0.05, 0.1) is 5.92 Å². The lowest BCUT2D eigenvalue weighted by atomic mass is 10.1. The number of thiol groups is 1. The summed E-state index contributed by atoms with van der Waals surface area (Å²) in [6, 6.07) is 12.5. The molecule has 2 aromatic rings. The van der Waals surface area contributed by atoms with Crippen molar-refractivity contribution in [3.05, 3.63) is 48.0 Å². The van der Waals surface area contributed by atoms with Crippen molar-refractivity contribution in [1.82, 2.24) is 10.6 Å². The van der Waals surface area contributed by atoms with Crippen molar-refractivity contribution in [3.8, 4) is 0 Å². The molecule has 2 unspecified atom stereocenters. The Hall–Kier alpha value is -2.38. The van der Waals surface area contributed by atoms with Crippen LogP contribution in [-0.4, -0.2) is 42.2 Å². The molecule has 7 heteroatoms. The highest BCUT2D eigenvalue weighted by Gasteiger charge is 2.33. The van der Waals surface area contributed by atoms with E-state index in [4.69, 9.17) is 4.74 Å². The molecule has 2 N–H and O–H groups in total. The number of rotatable bonds is 5. The summed E-state index contributed by atoms with van der Waals surface area (Å²) < 4.78 is 4.87. The van der Waals surface area contributed by atoms with Crippen LogP contribution in [0.5, 0.6) is 0 Å². The average molecular weight is 386 g/mol. The van der Waals surface area contributed by atoms with Crippen LogP contribution in [0.1, 0.15) is 23.7 Å². The highest BCUT2D eigenvalue weighted by atomic mass is 32.1. The Labute approximate surface area is 163 Å². The number of fused-ring (bicyclic) bond motifs is 1. The quantitative estimate of drug-likeness (QED) is 0.415. The monoisotopic (exact) mass is 386 g/mol. The number of benzene rings is 2. The molecule has 2 aromatic carbocycles. The minimum absolute atomic E-state index is 0.193. The first-order valence-electron chi connectivity index (χ1n) is 8.87. The maximum absolute atomic E-state index is 12.5. The predicted molar refractivity (Wildman–Crippen MR) is 106 cm³/mol. The molecular formula is C20H22N2O4S. The van der Waals surface area contributed by atoms with Crippen molar-refractivity contribution in [2.24, 2.45) is 5.92 Å². The lowest BCUT2D eigenvalue weighted by Gasteiger charge is -2.13. The van der Waals surface area contributed by atoms with Crippen molar-refractivity contribution in [3.63, 3.8) is 0 Å². The summed E-state index contributed by atoms with van der Waals surface area (Å²) in [6.07, 6.45) is 0.376. The molecule has 1 amide bonds. The van der Waals surface area contributed by atoms with E-state index in [0.717, 1.165) is 10.8 Å².